The molecule has 0 radical (unpaired) electrons. The van der Waals surface area contributed by atoms with E-state index in [0.717, 1.165) is 18.5 Å². The van der Waals surface area contributed by atoms with Crippen LogP contribution in [0.3, 0.4) is 0 Å². The van der Waals surface area contributed by atoms with Gasteiger partial charge in [0.1, 0.15) is 6.61 Å². The Bertz CT molecular complexity index is 775. The molecule has 0 N–H and O–H groups in total. The summed E-state index contributed by atoms with van der Waals surface area (Å²) in [4.78, 5) is 14.5. The summed E-state index contributed by atoms with van der Waals surface area (Å²) in [6.07, 6.45) is 5.22. The van der Waals surface area contributed by atoms with Crippen molar-refractivity contribution in [2.24, 2.45) is 11.8 Å². The van der Waals surface area contributed by atoms with Gasteiger partial charge in [-0.25, -0.2) is 4.79 Å². The van der Waals surface area contributed by atoms with Crippen LogP contribution in [0.25, 0.3) is 0 Å². The van der Waals surface area contributed by atoms with Crippen LogP contribution in [-0.4, -0.2) is 30.2 Å². The molecule has 2 aromatic carbocycles. The second-order valence-electron chi connectivity index (χ2n) is 7.32. The summed E-state index contributed by atoms with van der Waals surface area (Å²) in [5.41, 5.74) is 2.18. The minimum absolute atomic E-state index is 0.0639. The number of hydrogen-bond acceptors (Lipinski definition) is 3. The number of ether oxygens (including phenoxy) is 2. The highest BCUT2D eigenvalue weighted by atomic mass is 16.6. The lowest BCUT2D eigenvalue weighted by Crippen LogP contribution is -2.54. The zero-order valence-electron chi connectivity index (χ0n) is 15.4. The van der Waals surface area contributed by atoms with E-state index in [1.54, 1.807) is 0 Å². The van der Waals surface area contributed by atoms with E-state index in [9.17, 15) is 4.79 Å². The number of benzene rings is 2. The fraction of sp³-hybridized carbons (Fsp3) is 0.348. The zero-order chi connectivity index (χ0) is 18.5. The summed E-state index contributed by atoms with van der Waals surface area (Å²) >= 11 is 0. The predicted molar refractivity (Wildman–Crippen MR) is 104 cm³/mol. The summed E-state index contributed by atoms with van der Waals surface area (Å²) in [5.74, 6) is 0.714. The van der Waals surface area contributed by atoms with Gasteiger partial charge in [-0.3, -0.25) is 0 Å². The summed E-state index contributed by atoms with van der Waals surface area (Å²) < 4.78 is 11.5. The summed E-state index contributed by atoms with van der Waals surface area (Å²) in [6, 6.07) is 20.1. The Hall–Kier alpha value is -2.59. The molecule has 0 saturated carbocycles. The Labute approximate surface area is 160 Å². The monoisotopic (exact) mass is 363 g/mol. The highest BCUT2D eigenvalue weighted by Crippen LogP contribution is 2.35. The van der Waals surface area contributed by atoms with Gasteiger partial charge in [0.25, 0.3) is 0 Å². The molecule has 3 aliphatic rings. The van der Waals surface area contributed by atoms with Crippen molar-refractivity contribution in [1.82, 2.24) is 4.90 Å². The van der Waals surface area contributed by atoms with Crippen LogP contribution < -0.4 is 0 Å². The van der Waals surface area contributed by atoms with Gasteiger partial charge in [-0.15, -0.1) is 0 Å². The molecule has 1 fully saturated rings. The van der Waals surface area contributed by atoms with Crippen molar-refractivity contribution in [2.75, 3.05) is 13.2 Å². The van der Waals surface area contributed by atoms with Gasteiger partial charge in [-0.05, 0) is 23.5 Å². The molecule has 4 nitrogen and oxygen atoms in total. The maximum atomic E-state index is 12.6. The Morgan fingerprint density at radius 1 is 0.926 bits per heavy atom. The van der Waals surface area contributed by atoms with E-state index in [4.69, 9.17) is 9.47 Å². The van der Waals surface area contributed by atoms with Gasteiger partial charge in [0, 0.05) is 12.5 Å². The first-order valence-corrected chi connectivity index (χ1v) is 9.57. The molecule has 1 aliphatic carbocycles. The highest BCUT2D eigenvalue weighted by Gasteiger charge is 2.40. The number of piperidine rings is 1. The third kappa shape index (κ3) is 4.40. The first-order chi connectivity index (χ1) is 13.3. The zero-order valence-corrected chi connectivity index (χ0v) is 15.4. The number of amides is 1. The van der Waals surface area contributed by atoms with E-state index in [1.807, 2.05) is 53.4 Å². The van der Waals surface area contributed by atoms with Gasteiger partial charge in [-0.2, -0.15) is 0 Å². The summed E-state index contributed by atoms with van der Waals surface area (Å²) in [7, 11) is 0. The third-order valence-electron chi connectivity index (χ3n) is 5.34. The second-order valence-corrected chi connectivity index (χ2v) is 7.32. The standard InChI is InChI=1S/C23H25NO3/c25-23(27-16-19-9-5-2-6-10-19)24-14-20-11-12-22(24)21(13-20)17-26-15-18-7-3-1-4-8-18/h1-12,20-22H,13-17H2. The molecule has 4 heteroatoms. The molecule has 2 bridgehead atoms. The van der Waals surface area contributed by atoms with Crippen molar-refractivity contribution in [3.63, 3.8) is 0 Å². The van der Waals surface area contributed by atoms with Crippen LogP contribution in [0.5, 0.6) is 0 Å². The van der Waals surface area contributed by atoms with Gasteiger partial charge in [0.15, 0.2) is 0 Å². The van der Waals surface area contributed by atoms with Crippen LogP contribution in [-0.2, 0) is 22.7 Å². The fourth-order valence-electron chi connectivity index (χ4n) is 3.97. The molecule has 3 atom stereocenters. The molecule has 1 amide bonds. The predicted octanol–water partition coefficient (Wildman–Crippen LogP) is 4.42. The molecular formula is C23H25NO3. The molecule has 0 spiro atoms. The van der Waals surface area contributed by atoms with Crippen LogP contribution in [0.2, 0.25) is 0 Å². The quantitative estimate of drug-likeness (QED) is 0.713. The number of carbonyl (C=O) groups excluding carboxylic acids is 1. The molecule has 2 heterocycles. The van der Waals surface area contributed by atoms with Gasteiger partial charge in [0.05, 0.1) is 19.3 Å². The normalized spacial score (nSPS) is 23.4. The average molecular weight is 363 g/mol. The van der Waals surface area contributed by atoms with Crippen LogP contribution in [0.4, 0.5) is 4.79 Å². The maximum absolute atomic E-state index is 12.6. The smallest absolute Gasteiger partial charge is 0.410 e. The number of nitrogens with zero attached hydrogens (tertiary/aromatic N) is 1. The Morgan fingerprint density at radius 3 is 2.26 bits per heavy atom. The summed E-state index contributed by atoms with van der Waals surface area (Å²) in [5, 5.41) is 0. The van der Waals surface area contributed by atoms with Gasteiger partial charge >= 0.3 is 6.09 Å². The number of carbonyl (C=O) groups is 1. The van der Waals surface area contributed by atoms with Crippen molar-refractivity contribution >= 4 is 6.09 Å². The molecule has 27 heavy (non-hydrogen) atoms. The summed E-state index contributed by atoms with van der Waals surface area (Å²) in [6.45, 7) is 2.32. The van der Waals surface area contributed by atoms with E-state index in [2.05, 4.69) is 24.3 Å². The third-order valence-corrected chi connectivity index (χ3v) is 5.34. The lowest BCUT2D eigenvalue weighted by atomic mass is 9.78. The van der Waals surface area contributed by atoms with Crippen molar-refractivity contribution in [1.29, 1.82) is 0 Å². The van der Waals surface area contributed by atoms with Gasteiger partial charge in [0.2, 0.25) is 0 Å². The molecule has 140 valence electrons. The molecule has 3 unspecified atom stereocenters. The maximum Gasteiger partial charge on any atom is 0.410 e. The topological polar surface area (TPSA) is 38.8 Å². The van der Waals surface area contributed by atoms with E-state index in [0.29, 0.717) is 31.7 Å². The second kappa shape index (κ2) is 8.40. The lowest BCUT2D eigenvalue weighted by Gasteiger charge is -2.45. The highest BCUT2D eigenvalue weighted by molar-refractivity contribution is 5.69. The Kier molecular flexibility index (Phi) is 5.54. The average Bonchev–Trinajstić information content (AvgIpc) is 2.74. The number of rotatable bonds is 6. The number of hydrogen-bond donors (Lipinski definition) is 0. The molecule has 0 aromatic heterocycles. The fourth-order valence-corrected chi connectivity index (χ4v) is 3.97. The molecule has 2 aliphatic heterocycles. The van der Waals surface area contributed by atoms with Crippen LogP contribution in [0, 0.1) is 11.8 Å². The first-order valence-electron chi connectivity index (χ1n) is 9.57. The van der Waals surface area contributed by atoms with Gasteiger partial charge < -0.3 is 14.4 Å². The Morgan fingerprint density at radius 2 is 1.59 bits per heavy atom. The molecule has 2 aromatic rings. The van der Waals surface area contributed by atoms with E-state index >= 15 is 0 Å². The van der Waals surface area contributed by atoms with Crippen molar-refractivity contribution in [3.8, 4) is 0 Å². The molecular weight excluding hydrogens is 338 g/mol. The van der Waals surface area contributed by atoms with Crippen LogP contribution >= 0.6 is 0 Å². The van der Waals surface area contributed by atoms with Crippen molar-refractivity contribution < 1.29 is 14.3 Å². The largest absolute Gasteiger partial charge is 0.445 e. The van der Waals surface area contributed by atoms with E-state index in [1.165, 1.54) is 5.56 Å². The number of fused-ring (bicyclic) bond motifs is 2. The van der Waals surface area contributed by atoms with Crippen LogP contribution in [0.15, 0.2) is 72.8 Å². The van der Waals surface area contributed by atoms with E-state index < -0.39 is 0 Å². The van der Waals surface area contributed by atoms with Crippen molar-refractivity contribution in [2.45, 2.75) is 25.7 Å². The SMILES string of the molecule is O=C(OCc1ccccc1)N1CC2C=CC1C(COCc1ccccc1)C2. The first kappa shape index (κ1) is 17.8. The van der Waals surface area contributed by atoms with E-state index in [-0.39, 0.29) is 12.1 Å². The minimum Gasteiger partial charge on any atom is -0.445 e. The molecule has 5 rings (SSSR count). The van der Waals surface area contributed by atoms with Gasteiger partial charge in [-0.1, -0.05) is 72.8 Å². The van der Waals surface area contributed by atoms with Crippen molar-refractivity contribution in [3.05, 3.63) is 83.9 Å². The van der Waals surface area contributed by atoms with Crippen LogP contribution in [0.1, 0.15) is 17.5 Å². The molecule has 1 saturated heterocycles. The lowest BCUT2D eigenvalue weighted by molar-refractivity contribution is 0.00502. The minimum atomic E-state index is -0.231. The Balaban J connectivity index is 1.31.